The van der Waals surface area contributed by atoms with E-state index in [-0.39, 0.29) is 6.54 Å². The summed E-state index contributed by atoms with van der Waals surface area (Å²) in [6.45, 7) is 4.77. The van der Waals surface area contributed by atoms with E-state index in [4.69, 9.17) is 11.6 Å². The first-order valence-electron chi connectivity index (χ1n) is 6.26. The third kappa shape index (κ3) is 5.22. The Kier molecular flexibility index (Phi) is 6.20. The van der Waals surface area contributed by atoms with Crippen LogP contribution in [0.1, 0.15) is 12.5 Å². The van der Waals surface area contributed by atoms with E-state index in [2.05, 4.69) is 11.9 Å². The average Bonchev–Trinajstić information content (AvgIpc) is 2.43. The maximum Gasteiger partial charge on any atom is 0.417 e. The van der Waals surface area contributed by atoms with Crippen molar-refractivity contribution in [3.63, 3.8) is 0 Å². The molecule has 1 atom stereocenters. The van der Waals surface area contributed by atoms with Gasteiger partial charge in [0.2, 0.25) is 15.9 Å². The van der Waals surface area contributed by atoms with Crippen LogP contribution in [0.3, 0.4) is 0 Å². The van der Waals surface area contributed by atoms with Gasteiger partial charge in [-0.1, -0.05) is 17.7 Å². The largest absolute Gasteiger partial charge is 0.417 e. The van der Waals surface area contributed by atoms with E-state index in [1.807, 2.05) is 4.72 Å². The fourth-order valence-electron chi connectivity index (χ4n) is 1.57. The molecular weight excluding hydrogens is 357 g/mol. The number of carbonyl (C=O) groups is 1. The number of hydrogen-bond donors (Lipinski definition) is 2. The second-order valence-electron chi connectivity index (χ2n) is 4.52. The summed E-state index contributed by atoms with van der Waals surface area (Å²) in [7, 11) is -4.32. The number of rotatable bonds is 6. The number of alkyl halides is 3. The van der Waals surface area contributed by atoms with Crippen LogP contribution in [0.5, 0.6) is 0 Å². The van der Waals surface area contributed by atoms with E-state index in [1.165, 1.54) is 13.0 Å². The van der Waals surface area contributed by atoms with Crippen LogP contribution in [0.4, 0.5) is 13.2 Å². The lowest BCUT2D eigenvalue weighted by Crippen LogP contribution is -2.44. The quantitative estimate of drug-likeness (QED) is 0.755. The first-order chi connectivity index (χ1) is 10.5. The van der Waals surface area contributed by atoms with Crippen molar-refractivity contribution in [3.05, 3.63) is 41.4 Å². The SMILES string of the molecule is C=CCNC(=O)C(C)NS(=O)(=O)c1ccc(Cl)c(C(F)(F)F)c1. The maximum atomic E-state index is 12.8. The molecule has 10 heteroatoms. The molecule has 0 heterocycles. The lowest BCUT2D eigenvalue weighted by Gasteiger charge is -2.15. The van der Waals surface area contributed by atoms with Crippen molar-refractivity contribution in [3.8, 4) is 0 Å². The van der Waals surface area contributed by atoms with E-state index >= 15 is 0 Å². The van der Waals surface area contributed by atoms with E-state index in [0.29, 0.717) is 6.07 Å². The molecule has 5 nitrogen and oxygen atoms in total. The number of carbonyl (C=O) groups excluding carboxylic acids is 1. The van der Waals surface area contributed by atoms with Gasteiger partial charge < -0.3 is 5.32 Å². The number of sulfonamides is 1. The highest BCUT2D eigenvalue weighted by atomic mass is 35.5. The van der Waals surface area contributed by atoms with Gasteiger partial charge in [-0.2, -0.15) is 17.9 Å². The van der Waals surface area contributed by atoms with Crippen LogP contribution in [-0.2, 0) is 21.0 Å². The molecule has 0 radical (unpaired) electrons. The van der Waals surface area contributed by atoms with Gasteiger partial charge in [0.05, 0.1) is 21.5 Å². The molecule has 0 saturated carbocycles. The average molecular weight is 371 g/mol. The van der Waals surface area contributed by atoms with Crippen molar-refractivity contribution in [2.24, 2.45) is 0 Å². The molecule has 0 aliphatic heterocycles. The highest BCUT2D eigenvalue weighted by Crippen LogP contribution is 2.35. The predicted octanol–water partition coefficient (Wildman–Crippen LogP) is 2.33. The van der Waals surface area contributed by atoms with Crippen molar-refractivity contribution in [1.82, 2.24) is 10.0 Å². The zero-order chi connectivity index (χ0) is 17.8. The molecule has 0 spiro atoms. The monoisotopic (exact) mass is 370 g/mol. The van der Waals surface area contributed by atoms with Crippen molar-refractivity contribution in [2.75, 3.05) is 6.54 Å². The second kappa shape index (κ2) is 7.33. The van der Waals surface area contributed by atoms with Crippen LogP contribution >= 0.6 is 11.6 Å². The molecule has 0 aliphatic rings. The Balaban J connectivity index is 3.05. The minimum Gasteiger partial charge on any atom is -0.351 e. The fourth-order valence-corrected chi connectivity index (χ4v) is 3.02. The van der Waals surface area contributed by atoms with Crippen molar-refractivity contribution < 1.29 is 26.4 Å². The highest BCUT2D eigenvalue weighted by molar-refractivity contribution is 7.89. The molecule has 1 aromatic carbocycles. The van der Waals surface area contributed by atoms with E-state index < -0.39 is 43.6 Å². The molecular formula is C13H14ClF3N2O3S. The normalized spacial score (nSPS) is 13.4. The topological polar surface area (TPSA) is 75.3 Å². The standard InChI is InChI=1S/C13H14ClF3N2O3S/c1-3-6-18-12(20)8(2)19-23(21,22)9-4-5-11(14)10(7-9)13(15,16)17/h3-5,7-8,19H,1,6H2,2H3,(H,18,20). The van der Waals surface area contributed by atoms with Crippen LogP contribution in [0.25, 0.3) is 0 Å². The minimum atomic E-state index is -4.80. The van der Waals surface area contributed by atoms with Crippen LogP contribution in [0.15, 0.2) is 35.7 Å². The number of halogens is 4. The molecule has 23 heavy (non-hydrogen) atoms. The summed E-state index contributed by atoms with van der Waals surface area (Å²) in [4.78, 5) is 11.0. The van der Waals surface area contributed by atoms with Gasteiger partial charge in [-0.25, -0.2) is 8.42 Å². The van der Waals surface area contributed by atoms with Gasteiger partial charge in [0, 0.05) is 6.54 Å². The number of hydrogen-bond acceptors (Lipinski definition) is 3. The molecule has 1 unspecified atom stereocenters. The number of nitrogens with one attached hydrogen (secondary N) is 2. The van der Waals surface area contributed by atoms with Gasteiger partial charge in [0.1, 0.15) is 0 Å². The van der Waals surface area contributed by atoms with Crippen LogP contribution in [-0.4, -0.2) is 26.9 Å². The van der Waals surface area contributed by atoms with Crippen LogP contribution in [0, 0.1) is 0 Å². The molecule has 128 valence electrons. The zero-order valence-corrected chi connectivity index (χ0v) is 13.5. The van der Waals surface area contributed by atoms with Gasteiger partial charge in [-0.3, -0.25) is 4.79 Å². The van der Waals surface area contributed by atoms with E-state index in [0.717, 1.165) is 12.1 Å². The Morgan fingerprint density at radius 2 is 2.04 bits per heavy atom. The maximum absolute atomic E-state index is 12.8. The highest BCUT2D eigenvalue weighted by Gasteiger charge is 2.34. The molecule has 0 fully saturated rings. The Labute approximate surface area is 136 Å². The summed E-state index contributed by atoms with van der Waals surface area (Å²) in [6, 6.07) is 0.999. The second-order valence-corrected chi connectivity index (χ2v) is 6.64. The Hall–Kier alpha value is -1.58. The van der Waals surface area contributed by atoms with Gasteiger partial charge in [0.15, 0.2) is 0 Å². The van der Waals surface area contributed by atoms with Crippen molar-refractivity contribution >= 4 is 27.5 Å². The smallest absolute Gasteiger partial charge is 0.351 e. The van der Waals surface area contributed by atoms with Gasteiger partial charge >= 0.3 is 6.18 Å². The first-order valence-corrected chi connectivity index (χ1v) is 8.13. The Bertz CT molecular complexity index is 705. The minimum absolute atomic E-state index is 0.129. The summed E-state index contributed by atoms with van der Waals surface area (Å²) < 4.78 is 64.5. The first kappa shape index (κ1) is 19.5. The summed E-state index contributed by atoms with van der Waals surface area (Å²) in [5, 5.41) is 1.75. The summed E-state index contributed by atoms with van der Waals surface area (Å²) in [6.07, 6.45) is -3.40. The Morgan fingerprint density at radius 1 is 1.43 bits per heavy atom. The predicted molar refractivity (Wildman–Crippen MR) is 79.4 cm³/mol. The molecule has 0 aliphatic carbocycles. The molecule has 1 aromatic rings. The molecule has 0 bridgehead atoms. The third-order valence-corrected chi connectivity index (χ3v) is 4.57. The lowest BCUT2D eigenvalue weighted by atomic mass is 10.2. The van der Waals surface area contributed by atoms with Crippen LogP contribution < -0.4 is 10.0 Å². The molecule has 1 amide bonds. The van der Waals surface area contributed by atoms with Gasteiger partial charge in [0.25, 0.3) is 0 Å². The summed E-state index contributed by atoms with van der Waals surface area (Å²) in [5.74, 6) is -0.640. The summed E-state index contributed by atoms with van der Waals surface area (Å²) in [5.41, 5.74) is -1.27. The van der Waals surface area contributed by atoms with Crippen molar-refractivity contribution in [2.45, 2.75) is 24.0 Å². The van der Waals surface area contributed by atoms with Gasteiger partial charge in [-0.05, 0) is 25.1 Å². The molecule has 0 saturated heterocycles. The molecule has 0 aromatic heterocycles. The summed E-state index contributed by atoms with van der Waals surface area (Å²) >= 11 is 5.44. The molecule has 1 rings (SSSR count). The van der Waals surface area contributed by atoms with Crippen molar-refractivity contribution in [1.29, 1.82) is 0 Å². The zero-order valence-electron chi connectivity index (χ0n) is 11.9. The third-order valence-electron chi connectivity index (χ3n) is 2.70. The van der Waals surface area contributed by atoms with E-state index in [1.54, 1.807) is 0 Å². The fraction of sp³-hybridized carbons (Fsp3) is 0.308. The molecule has 2 N–H and O–H groups in total. The van der Waals surface area contributed by atoms with E-state index in [9.17, 15) is 26.4 Å². The van der Waals surface area contributed by atoms with Gasteiger partial charge in [-0.15, -0.1) is 6.58 Å². The number of benzene rings is 1. The Morgan fingerprint density at radius 3 is 2.57 bits per heavy atom. The number of amides is 1. The van der Waals surface area contributed by atoms with Crippen LogP contribution in [0.2, 0.25) is 5.02 Å². The lowest BCUT2D eigenvalue weighted by molar-refractivity contribution is -0.137.